The Kier molecular flexibility index (Phi) is 2.36. The molecule has 0 saturated heterocycles. The molecule has 0 fully saturated rings. The molecule has 0 aliphatic carbocycles. The van der Waals surface area contributed by atoms with Crippen molar-refractivity contribution in [2.45, 2.75) is 33.6 Å². The van der Waals surface area contributed by atoms with Gasteiger partial charge in [-0.15, -0.1) is 11.3 Å². The maximum atomic E-state index is 2.28. The summed E-state index contributed by atoms with van der Waals surface area (Å²) in [6.07, 6.45) is 0. The molecule has 0 N–H and O–H groups in total. The Morgan fingerprint density at radius 1 is 1.07 bits per heavy atom. The van der Waals surface area contributed by atoms with Gasteiger partial charge < -0.3 is 0 Å². The summed E-state index contributed by atoms with van der Waals surface area (Å²) in [5, 5.41) is 3.76. The third kappa shape index (κ3) is 1.36. The smallest absolute Gasteiger partial charge is 0.0377 e. The van der Waals surface area contributed by atoms with Gasteiger partial charge >= 0.3 is 0 Å². The molecule has 0 bridgehead atoms. The first kappa shape index (κ1) is 9.72. The predicted octanol–water partition coefficient (Wildman–Crippen LogP) is 4.64. The van der Waals surface area contributed by atoms with E-state index in [9.17, 15) is 0 Å². The van der Waals surface area contributed by atoms with Gasteiger partial charge in [0.15, 0.2) is 0 Å². The van der Waals surface area contributed by atoms with Crippen molar-refractivity contribution in [3.63, 3.8) is 0 Å². The number of benzene rings is 1. The predicted molar refractivity (Wildman–Crippen MR) is 65.4 cm³/mol. The van der Waals surface area contributed by atoms with Crippen molar-refractivity contribution in [1.82, 2.24) is 0 Å². The van der Waals surface area contributed by atoms with Crippen LogP contribution >= 0.6 is 11.3 Å². The molecule has 0 radical (unpaired) electrons. The van der Waals surface area contributed by atoms with Gasteiger partial charge in [0.25, 0.3) is 0 Å². The lowest BCUT2D eigenvalue weighted by Gasteiger charge is -2.09. The molecule has 1 aromatic heterocycles. The second kappa shape index (κ2) is 3.39. The quantitative estimate of drug-likeness (QED) is 0.634. The van der Waals surface area contributed by atoms with E-state index in [0.29, 0.717) is 5.92 Å². The van der Waals surface area contributed by atoms with Crippen molar-refractivity contribution in [3.05, 3.63) is 34.2 Å². The van der Waals surface area contributed by atoms with Crippen LogP contribution in [0.1, 0.15) is 36.5 Å². The largest absolute Gasteiger partial charge is 0.143 e. The van der Waals surface area contributed by atoms with E-state index in [1.54, 1.807) is 0 Å². The molecular weight excluding hydrogens is 188 g/mol. The molecule has 1 heteroatoms. The fourth-order valence-electron chi connectivity index (χ4n) is 1.95. The van der Waals surface area contributed by atoms with Gasteiger partial charge in [-0.25, -0.2) is 0 Å². The SMILES string of the molecule is Cc1ccc(C(C)C)c2c(C)csc12. The molecule has 0 aliphatic rings. The van der Waals surface area contributed by atoms with Crippen molar-refractivity contribution >= 4 is 21.4 Å². The van der Waals surface area contributed by atoms with E-state index in [1.165, 1.54) is 26.8 Å². The Labute approximate surface area is 89.6 Å². The summed E-state index contributed by atoms with van der Waals surface area (Å²) in [4.78, 5) is 0. The van der Waals surface area contributed by atoms with Crippen LogP contribution in [0.4, 0.5) is 0 Å². The molecule has 0 unspecified atom stereocenters. The average Bonchev–Trinajstić information content (AvgIpc) is 2.50. The van der Waals surface area contributed by atoms with Crippen molar-refractivity contribution in [2.24, 2.45) is 0 Å². The standard InChI is InChI=1S/C13H16S/c1-8(2)11-6-5-9(3)13-12(11)10(4)7-14-13/h5-8H,1-4H3. The first-order valence-corrected chi connectivity index (χ1v) is 5.96. The van der Waals surface area contributed by atoms with Crippen molar-refractivity contribution < 1.29 is 0 Å². The number of fused-ring (bicyclic) bond motifs is 1. The van der Waals surface area contributed by atoms with Gasteiger partial charge in [0.1, 0.15) is 0 Å². The molecule has 0 amide bonds. The molecule has 0 spiro atoms. The van der Waals surface area contributed by atoms with Crippen LogP contribution in [0.25, 0.3) is 10.1 Å². The zero-order valence-corrected chi connectivity index (χ0v) is 10.0. The highest BCUT2D eigenvalue weighted by Crippen LogP contribution is 2.34. The molecule has 1 heterocycles. The third-order valence-corrected chi connectivity index (χ3v) is 3.99. The van der Waals surface area contributed by atoms with Gasteiger partial charge in [0.2, 0.25) is 0 Å². The zero-order valence-electron chi connectivity index (χ0n) is 9.22. The summed E-state index contributed by atoms with van der Waals surface area (Å²) in [7, 11) is 0. The molecule has 2 rings (SSSR count). The lowest BCUT2D eigenvalue weighted by atomic mass is 9.96. The van der Waals surface area contributed by atoms with Crippen LogP contribution in [0.15, 0.2) is 17.5 Å². The Morgan fingerprint density at radius 2 is 1.79 bits per heavy atom. The maximum Gasteiger partial charge on any atom is 0.0377 e. The number of rotatable bonds is 1. The minimum absolute atomic E-state index is 0.617. The zero-order chi connectivity index (χ0) is 10.3. The third-order valence-electron chi connectivity index (χ3n) is 2.76. The van der Waals surface area contributed by atoms with Gasteiger partial charge in [0, 0.05) is 4.70 Å². The summed E-state index contributed by atoms with van der Waals surface area (Å²) >= 11 is 1.87. The summed E-state index contributed by atoms with van der Waals surface area (Å²) in [6, 6.07) is 4.52. The molecule has 0 aliphatic heterocycles. The average molecular weight is 204 g/mol. The van der Waals surface area contributed by atoms with Crippen LogP contribution in [0.2, 0.25) is 0 Å². The second-order valence-corrected chi connectivity index (χ2v) is 5.13. The van der Waals surface area contributed by atoms with E-state index in [1.807, 2.05) is 11.3 Å². The minimum atomic E-state index is 0.617. The van der Waals surface area contributed by atoms with Gasteiger partial charge in [-0.3, -0.25) is 0 Å². The summed E-state index contributed by atoms with van der Waals surface area (Å²) in [5.74, 6) is 0.617. The summed E-state index contributed by atoms with van der Waals surface area (Å²) < 4.78 is 1.47. The van der Waals surface area contributed by atoms with Crippen LogP contribution in [0.5, 0.6) is 0 Å². The van der Waals surface area contributed by atoms with E-state index < -0.39 is 0 Å². The molecule has 0 saturated carbocycles. The topological polar surface area (TPSA) is 0 Å². The Balaban J connectivity index is 2.85. The van der Waals surface area contributed by atoms with Gasteiger partial charge in [0.05, 0.1) is 0 Å². The Morgan fingerprint density at radius 3 is 2.43 bits per heavy atom. The van der Waals surface area contributed by atoms with Crippen molar-refractivity contribution in [3.8, 4) is 0 Å². The first-order chi connectivity index (χ1) is 6.61. The fraction of sp³-hybridized carbons (Fsp3) is 0.385. The lowest BCUT2D eigenvalue weighted by molar-refractivity contribution is 0.875. The number of aryl methyl sites for hydroxylation is 2. The van der Waals surface area contributed by atoms with Crippen LogP contribution in [0, 0.1) is 13.8 Å². The van der Waals surface area contributed by atoms with E-state index in [4.69, 9.17) is 0 Å². The highest BCUT2D eigenvalue weighted by atomic mass is 32.1. The highest BCUT2D eigenvalue weighted by Gasteiger charge is 2.10. The van der Waals surface area contributed by atoms with Crippen LogP contribution in [-0.4, -0.2) is 0 Å². The Bertz CT molecular complexity index is 463. The summed E-state index contributed by atoms with van der Waals surface area (Å²) in [5.41, 5.74) is 4.32. The molecule has 0 atom stereocenters. The van der Waals surface area contributed by atoms with Crippen molar-refractivity contribution in [1.29, 1.82) is 0 Å². The fourth-order valence-corrected chi connectivity index (χ4v) is 3.01. The number of thiophene rings is 1. The molecule has 1 aromatic carbocycles. The minimum Gasteiger partial charge on any atom is -0.143 e. The highest BCUT2D eigenvalue weighted by molar-refractivity contribution is 7.17. The molecule has 0 nitrogen and oxygen atoms in total. The molecular formula is C13H16S. The Hall–Kier alpha value is -0.820. The molecule has 74 valence electrons. The van der Waals surface area contributed by atoms with E-state index in [-0.39, 0.29) is 0 Å². The normalized spacial score (nSPS) is 11.5. The molecule has 2 aromatic rings. The second-order valence-electron chi connectivity index (χ2n) is 4.25. The van der Waals surface area contributed by atoms with Crippen LogP contribution < -0.4 is 0 Å². The van der Waals surface area contributed by atoms with Gasteiger partial charge in [-0.2, -0.15) is 0 Å². The number of hydrogen-bond acceptors (Lipinski definition) is 1. The van der Waals surface area contributed by atoms with E-state index in [0.717, 1.165) is 0 Å². The first-order valence-electron chi connectivity index (χ1n) is 5.08. The van der Waals surface area contributed by atoms with Gasteiger partial charge in [-0.05, 0) is 47.2 Å². The van der Waals surface area contributed by atoms with E-state index in [2.05, 4.69) is 45.2 Å². The van der Waals surface area contributed by atoms with Crippen LogP contribution in [-0.2, 0) is 0 Å². The monoisotopic (exact) mass is 204 g/mol. The van der Waals surface area contributed by atoms with Crippen LogP contribution in [0.3, 0.4) is 0 Å². The number of hydrogen-bond donors (Lipinski definition) is 0. The summed E-state index contributed by atoms with van der Waals surface area (Å²) in [6.45, 7) is 8.94. The van der Waals surface area contributed by atoms with Gasteiger partial charge in [-0.1, -0.05) is 26.0 Å². The molecule has 14 heavy (non-hydrogen) atoms. The van der Waals surface area contributed by atoms with E-state index >= 15 is 0 Å². The van der Waals surface area contributed by atoms with Crippen molar-refractivity contribution in [2.75, 3.05) is 0 Å². The lowest BCUT2D eigenvalue weighted by Crippen LogP contribution is -1.89. The maximum absolute atomic E-state index is 2.28.